The molecule has 106 valence electrons. The number of carbonyl (C=O) groups excluding carboxylic acids is 1. The van der Waals surface area contributed by atoms with Gasteiger partial charge in [0, 0.05) is 11.7 Å². The summed E-state index contributed by atoms with van der Waals surface area (Å²) in [6.07, 6.45) is 0. The van der Waals surface area contributed by atoms with Gasteiger partial charge in [-0.3, -0.25) is 0 Å². The van der Waals surface area contributed by atoms with E-state index in [4.69, 9.17) is 5.73 Å². The standard InChI is InChI=1S/C12H19N3O3S/c1-7(2)14-12(16)15-19(17,18)11-8(3)5-10(13)6-9(11)4/h5-7H,13H2,1-4H3,(H2,14,15,16). The normalized spacial score (nSPS) is 11.4. The Bertz CT molecular complexity index is 571. The van der Waals surface area contributed by atoms with Crippen LogP contribution in [0.15, 0.2) is 17.0 Å². The third-order valence-electron chi connectivity index (χ3n) is 2.40. The summed E-state index contributed by atoms with van der Waals surface area (Å²) in [7, 11) is -3.90. The van der Waals surface area contributed by atoms with Crippen molar-refractivity contribution in [3.8, 4) is 0 Å². The van der Waals surface area contributed by atoms with Crippen molar-refractivity contribution in [3.05, 3.63) is 23.3 Å². The van der Waals surface area contributed by atoms with Gasteiger partial charge in [-0.05, 0) is 51.0 Å². The van der Waals surface area contributed by atoms with E-state index in [1.165, 1.54) is 0 Å². The Labute approximate surface area is 113 Å². The lowest BCUT2D eigenvalue weighted by molar-refractivity contribution is 0.243. The van der Waals surface area contributed by atoms with Gasteiger partial charge in [0.05, 0.1) is 4.90 Å². The molecule has 0 bridgehead atoms. The average Bonchev–Trinajstić information content (AvgIpc) is 2.10. The van der Waals surface area contributed by atoms with E-state index < -0.39 is 16.1 Å². The third kappa shape index (κ3) is 3.85. The number of nitrogen functional groups attached to an aromatic ring is 1. The molecule has 1 aromatic carbocycles. The summed E-state index contributed by atoms with van der Waals surface area (Å²) in [5.41, 5.74) is 7.14. The third-order valence-corrected chi connectivity index (χ3v) is 4.03. The number of urea groups is 1. The maximum Gasteiger partial charge on any atom is 0.328 e. The minimum atomic E-state index is -3.90. The number of anilines is 1. The van der Waals surface area contributed by atoms with Crippen molar-refractivity contribution in [3.63, 3.8) is 0 Å². The summed E-state index contributed by atoms with van der Waals surface area (Å²) in [5, 5.41) is 2.47. The Morgan fingerprint density at radius 1 is 1.21 bits per heavy atom. The summed E-state index contributed by atoms with van der Waals surface area (Å²) in [6.45, 7) is 6.76. The van der Waals surface area contributed by atoms with Crippen LogP contribution in [0.2, 0.25) is 0 Å². The first-order chi connectivity index (χ1) is 8.63. The summed E-state index contributed by atoms with van der Waals surface area (Å²) >= 11 is 0. The number of hydrogen-bond donors (Lipinski definition) is 3. The fourth-order valence-electron chi connectivity index (χ4n) is 1.87. The second-order valence-corrected chi connectivity index (χ2v) is 6.34. The van der Waals surface area contributed by atoms with Crippen LogP contribution in [0.5, 0.6) is 0 Å². The molecule has 6 nitrogen and oxygen atoms in total. The van der Waals surface area contributed by atoms with Crippen LogP contribution in [0.25, 0.3) is 0 Å². The first-order valence-corrected chi connectivity index (χ1v) is 7.32. The molecule has 0 aromatic heterocycles. The van der Waals surface area contributed by atoms with Gasteiger partial charge in [-0.25, -0.2) is 17.9 Å². The van der Waals surface area contributed by atoms with Crippen LogP contribution in [0.1, 0.15) is 25.0 Å². The molecule has 2 amide bonds. The van der Waals surface area contributed by atoms with Crippen LogP contribution in [0.4, 0.5) is 10.5 Å². The highest BCUT2D eigenvalue weighted by molar-refractivity contribution is 7.90. The number of rotatable bonds is 3. The van der Waals surface area contributed by atoms with Crippen molar-refractivity contribution in [1.29, 1.82) is 0 Å². The molecule has 0 heterocycles. The second-order valence-electron chi connectivity index (χ2n) is 4.72. The second kappa shape index (κ2) is 5.48. The zero-order valence-corrected chi connectivity index (χ0v) is 12.3. The monoisotopic (exact) mass is 285 g/mol. The van der Waals surface area contributed by atoms with E-state index in [-0.39, 0.29) is 10.9 Å². The summed E-state index contributed by atoms with van der Waals surface area (Å²) in [5.74, 6) is 0. The topological polar surface area (TPSA) is 101 Å². The zero-order valence-electron chi connectivity index (χ0n) is 11.4. The predicted octanol–water partition coefficient (Wildman–Crippen LogP) is 1.28. The number of nitrogens with one attached hydrogen (secondary N) is 2. The lowest BCUT2D eigenvalue weighted by Crippen LogP contribution is -2.42. The van der Waals surface area contributed by atoms with Crippen LogP contribution in [0.3, 0.4) is 0 Å². The van der Waals surface area contributed by atoms with Crippen LogP contribution < -0.4 is 15.8 Å². The van der Waals surface area contributed by atoms with E-state index in [1.54, 1.807) is 39.8 Å². The molecule has 1 rings (SSSR count). The molecule has 19 heavy (non-hydrogen) atoms. The van der Waals surface area contributed by atoms with Crippen LogP contribution in [-0.2, 0) is 10.0 Å². The van der Waals surface area contributed by atoms with Gasteiger partial charge in [-0.15, -0.1) is 0 Å². The summed E-state index contributed by atoms with van der Waals surface area (Å²) in [6, 6.07) is 2.22. The Morgan fingerprint density at radius 3 is 2.11 bits per heavy atom. The number of hydrogen-bond acceptors (Lipinski definition) is 4. The Hall–Kier alpha value is -1.76. The van der Waals surface area contributed by atoms with E-state index >= 15 is 0 Å². The number of sulfonamides is 1. The largest absolute Gasteiger partial charge is 0.399 e. The van der Waals surface area contributed by atoms with Crippen molar-refractivity contribution in [1.82, 2.24) is 10.0 Å². The number of amides is 2. The molecule has 0 saturated heterocycles. The quantitative estimate of drug-likeness (QED) is 0.728. The first-order valence-electron chi connectivity index (χ1n) is 5.83. The molecular weight excluding hydrogens is 266 g/mol. The van der Waals surface area contributed by atoms with E-state index in [2.05, 4.69) is 5.32 Å². The minimum absolute atomic E-state index is 0.0839. The van der Waals surface area contributed by atoms with E-state index in [9.17, 15) is 13.2 Å². The molecular formula is C12H19N3O3S. The molecule has 0 saturated carbocycles. The van der Waals surface area contributed by atoms with Gasteiger partial charge >= 0.3 is 6.03 Å². The van der Waals surface area contributed by atoms with Crippen molar-refractivity contribution in [2.24, 2.45) is 0 Å². The minimum Gasteiger partial charge on any atom is -0.399 e. The van der Waals surface area contributed by atoms with Crippen molar-refractivity contribution >= 4 is 21.7 Å². The molecule has 0 spiro atoms. The van der Waals surface area contributed by atoms with Gasteiger partial charge in [0.2, 0.25) is 0 Å². The fourth-order valence-corrected chi connectivity index (χ4v) is 3.24. The zero-order chi connectivity index (χ0) is 14.8. The van der Waals surface area contributed by atoms with Gasteiger partial charge in [0.15, 0.2) is 0 Å². The first kappa shape index (κ1) is 15.3. The van der Waals surface area contributed by atoms with Crippen LogP contribution >= 0.6 is 0 Å². The van der Waals surface area contributed by atoms with E-state index in [1.807, 2.05) is 4.72 Å². The molecule has 0 aliphatic heterocycles. The Morgan fingerprint density at radius 2 is 1.68 bits per heavy atom. The highest BCUT2D eigenvalue weighted by atomic mass is 32.2. The van der Waals surface area contributed by atoms with E-state index in [0.29, 0.717) is 16.8 Å². The van der Waals surface area contributed by atoms with E-state index in [0.717, 1.165) is 0 Å². The number of carbonyl (C=O) groups is 1. The van der Waals surface area contributed by atoms with Crippen molar-refractivity contribution < 1.29 is 13.2 Å². The highest BCUT2D eigenvalue weighted by Gasteiger charge is 2.22. The Kier molecular flexibility index (Phi) is 4.41. The molecule has 4 N–H and O–H groups in total. The smallest absolute Gasteiger partial charge is 0.328 e. The van der Waals surface area contributed by atoms with Gasteiger partial charge in [0.1, 0.15) is 0 Å². The average molecular weight is 285 g/mol. The molecule has 0 radical (unpaired) electrons. The van der Waals surface area contributed by atoms with Gasteiger partial charge in [-0.1, -0.05) is 0 Å². The Balaban J connectivity index is 3.12. The van der Waals surface area contributed by atoms with Crippen LogP contribution in [-0.4, -0.2) is 20.5 Å². The SMILES string of the molecule is Cc1cc(N)cc(C)c1S(=O)(=O)NC(=O)NC(C)C. The van der Waals surface area contributed by atoms with Crippen molar-refractivity contribution in [2.45, 2.75) is 38.6 Å². The molecule has 0 aliphatic rings. The maximum absolute atomic E-state index is 12.2. The maximum atomic E-state index is 12.2. The molecule has 0 fully saturated rings. The lowest BCUT2D eigenvalue weighted by Gasteiger charge is -2.14. The van der Waals surface area contributed by atoms with Crippen molar-refractivity contribution in [2.75, 3.05) is 5.73 Å². The molecule has 0 atom stereocenters. The molecule has 1 aromatic rings. The summed E-state index contributed by atoms with van der Waals surface area (Å²) < 4.78 is 26.3. The van der Waals surface area contributed by atoms with Gasteiger partial charge < -0.3 is 11.1 Å². The molecule has 7 heteroatoms. The predicted molar refractivity (Wildman–Crippen MR) is 74.3 cm³/mol. The lowest BCUT2D eigenvalue weighted by atomic mass is 10.1. The van der Waals surface area contributed by atoms with Crippen LogP contribution in [0, 0.1) is 13.8 Å². The molecule has 0 unspecified atom stereocenters. The number of aryl methyl sites for hydroxylation is 2. The van der Waals surface area contributed by atoms with Gasteiger partial charge in [-0.2, -0.15) is 0 Å². The number of benzene rings is 1. The highest BCUT2D eigenvalue weighted by Crippen LogP contribution is 2.22. The molecule has 0 aliphatic carbocycles. The number of nitrogens with two attached hydrogens (primary N) is 1. The summed E-state index contributed by atoms with van der Waals surface area (Å²) in [4.78, 5) is 11.6. The fraction of sp³-hybridized carbons (Fsp3) is 0.417. The van der Waals surface area contributed by atoms with Gasteiger partial charge in [0.25, 0.3) is 10.0 Å².